The third-order valence-electron chi connectivity index (χ3n) is 3.57. The van der Waals surface area contributed by atoms with Gasteiger partial charge in [0.15, 0.2) is 0 Å². The van der Waals surface area contributed by atoms with E-state index in [9.17, 15) is 8.42 Å². The minimum absolute atomic E-state index is 0.0833. The van der Waals surface area contributed by atoms with E-state index < -0.39 is 15.6 Å². The maximum Gasteiger partial charge on any atom is 0.213 e. The van der Waals surface area contributed by atoms with Gasteiger partial charge in [0.2, 0.25) is 10.0 Å². The summed E-state index contributed by atoms with van der Waals surface area (Å²) in [5.41, 5.74) is 4.82. The van der Waals surface area contributed by atoms with Crippen molar-refractivity contribution in [2.24, 2.45) is 17.1 Å². The molecule has 1 aliphatic carbocycles. The van der Waals surface area contributed by atoms with Gasteiger partial charge < -0.3 is 5.73 Å². The minimum Gasteiger partial charge on any atom is -0.392 e. The van der Waals surface area contributed by atoms with Crippen LogP contribution in [0.3, 0.4) is 0 Å². The number of hydrogen-bond acceptors (Lipinski definition) is 3. The van der Waals surface area contributed by atoms with Crippen LogP contribution in [0.15, 0.2) is 0 Å². The molecule has 0 atom stereocenters. The Morgan fingerprint density at radius 1 is 1.37 bits per heavy atom. The van der Waals surface area contributed by atoms with Crippen LogP contribution in [0.1, 0.15) is 53.4 Å². The smallest absolute Gasteiger partial charge is 0.213 e. The third kappa shape index (κ3) is 5.00. The Labute approximate surface area is 122 Å². The second-order valence-electron chi connectivity index (χ2n) is 7.05. The van der Waals surface area contributed by atoms with Crippen LogP contribution in [-0.2, 0) is 10.0 Å². The fraction of sp³-hybridized carbons (Fsp3) is 0.923. The first-order valence-electron chi connectivity index (χ1n) is 6.77. The highest BCUT2D eigenvalue weighted by Crippen LogP contribution is 2.33. The van der Waals surface area contributed by atoms with E-state index >= 15 is 0 Å². The molecule has 1 fully saturated rings. The number of hydrogen-bond donors (Lipinski definition) is 2. The van der Waals surface area contributed by atoms with Crippen LogP contribution in [0, 0.1) is 11.3 Å². The molecule has 1 saturated carbocycles. The third-order valence-corrected chi connectivity index (χ3v) is 5.91. The summed E-state index contributed by atoms with van der Waals surface area (Å²) in [5, 5.41) is 0. The van der Waals surface area contributed by atoms with Crippen molar-refractivity contribution in [3.63, 3.8) is 0 Å². The van der Waals surface area contributed by atoms with Crippen molar-refractivity contribution in [1.82, 2.24) is 4.72 Å². The molecule has 0 heterocycles. The van der Waals surface area contributed by atoms with Crippen molar-refractivity contribution in [3.8, 4) is 0 Å². The topological polar surface area (TPSA) is 72.2 Å². The molecule has 19 heavy (non-hydrogen) atoms. The van der Waals surface area contributed by atoms with Crippen LogP contribution >= 0.6 is 12.2 Å². The molecule has 0 aliphatic heterocycles. The van der Waals surface area contributed by atoms with Gasteiger partial charge in [-0.3, -0.25) is 0 Å². The Morgan fingerprint density at radius 2 is 1.84 bits per heavy atom. The van der Waals surface area contributed by atoms with Crippen molar-refractivity contribution in [3.05, 3.63) is 0 Å². The molecule has 112 valence electrons. The van der Waals surface area contributed by atoms with Crippen molar-refractivity contribution in [1.29, 1.82) is 0 Å². The largest absolute Gasteiger partial charge is 0.392 e. The quantitative estimate of drug-likeness (QED) is 0.781. The summed E-state index contributed by atoms with van der Waals surface area (Å²) in [4.78, 5) is 0.275. The standard InChI is InChI=1S/C13H26N2O2S2/c1-10-5-7-13(8-6-10,11(14)18)15-19(16,17)9-12(2,3)4/h10,15H,5-9H2,1-4H3,(H2,14,18). The highest BCUT2D eigenvalue weighted by atomic mass is 32.2. The van der Waals surface area contributed by atoms with Crippen molar-refractivity contribution in [2.45, 2.75) is 58.9 Å². The van der Waals surface area contributed by atoms with Crippen LogP contribution in [0.5, 0.6) is 0 Å². The van der Waals surface area contributed by atoms with Gasteiger partial charge >= 0.3 is 0 Å². The molecule has 0 aromatic heterocycles. The van der Waals surface area contributed by atoms with Gasteiger partial charge in [-0.25, -0.2) is 13.1 Å². The number of sulfonamides is 1. The minimum atomic E-state index is -3.38. The zero-order valence-corrected chi connectivity index (χ0v) is 14.0. The molecule has 0 amide bonds. The molecule has 3 N–H and O–H groups in total. The molecule has 0 aromatic rings. The molecule has 0 radical (unpaired) electrons. The summed E-state index contributed by atoms with van der Waals surface area (Å²) < 4.78 is 27.3. The highest BCUT2D eigenvalue weighted by Gasteiger charge is 2.40. The van der Waals surface area contributed by atoms with E-state index in [0.29, 0.717) is 18.8 Å². The van der Waals surface area contributed by atoms with Gasteiger partial charge in [0.1, 0.15) is 0 Å². The number of rotatable bonds is 4. The monoisotopic (exact) mass is 306 g/mol. The van der Waals surface area contributed by atoms with Gasteiger partial charge in [-0.15, -0.1) is 0 Å². The molecule has 1 rings (SSSR count). The first-order valence-corrected chi connectivity index (χ1v) is 8.83. The summed E-state index contributed by atoms with van der Waals surface area (Å²) in [5.74, 6) is 0.689. The average Bonchev–Trinajstić information content (AvgIpc) is 2.17. The normalized spacial score (nSPS) is 29.2. The van der Waals surface area contributed by atoms with E-state index in [1.54, 1.807) is 0 Å². The summed E-state index contributed by atoms with van der Waals surface area (Å²) >= 11 is 5.13. The summed E-state index contributed by atoms with van der Waals surface area (Å²) in [6.45, 7) is 7.89. The Kier molecular flexibility index (Phi) is 5.02. The zero-order valence-electron chi connectivity index (χ0n) is 12.3. The van der Waals surface area contributed by atoms with Gasteiger partial charge in [-0.2, -0.15) is 0 Å². The Hall–Kier alpha value is -0.200. The van der Waals surface area contributed by atoms with E-state index in [1.807, 2.05) is 20.8 Å². The maximum absolute atomic E-state index is 12.3. The van der Waals surface area contributed by atoms with Crippen LogP contribution in [0.4, 0.5) is 0 Å². The molecule has 4 nitrogen and oxygen atoms in total. The van der Waals surface area contributed by atoms with E-state index in [4.69, 9.17) is 18.0 Å². The van der Waals surface area contributed by atoms with E-state index in [1.165, 1.54) is 0 Å². The maximum atomic E-state index is 12.3. The van der Waals surface area contributed by atoms with Gasteiger partial charge in [0.25, 0.3) is 0 Å². The fourth-order valence-corrected chi connectivity index (χ4v) is 5.00. The van der Waals surface area contributed by atoms with Crippen LogP contribution in [0.2, 0.25) is 0 Å². The lowest BCUT2D eigenvalue weighted by atomic mass is 9.78. The molecule has 0 aromatic carbocycles. The molecule has 0 unspecified atom stereocenters. The van der Waals surface area contributed by atoms with Gasteiger partial charge in [0, 0.05) is 0 Å². The van der Waals surface area contributed by atoms with Crippen molar-refractivity contribution in [2.75, 3.05) is 5.75 Å². The van der Waals surface area contributed by atoms with Crippen LogP contribution in [0.25, 0.3) is 0 Å². The number of nitrogens with two attached hydrogens (primary N) is 1. The summed E-state index contributed by atoms with van der Waals surface area (Å²) in [7, 11) is -3.38. The molecule has 0 saturated heterocycles. The molecule has 1 aliphatic rings. The van der Waals surface area contributed by atoms with Crippen molar-refractivity contribution < 1.29 is 8.42 Å². The fourth-order valence-electron chi connectivity index (χ4n) is 2.56. The number of nitrogens with one attached hydrogen (secondary N) is 1. The molecular formula is C13H26N2O2S2. The predicted molar refractivity (Wildman–Crippen MR) is 83.5 cm³/mol. The number of thiocarbonyl (C=S) groups is 1. The van der Waals surface area contributed by atoms with Crippen molar-refractivity contribution >= 4 is 27.2 Å². The molecular weight excluding hydrogens is 280 g/mol. The SMILES string of the molecule is CC1CCC(NS(=O)(=O)CC(C)(C)C)(C(N)=S)CC1. The van der Waals surface area contributed by atoms with Crippen LogP contribution < -0.4 is 10.5 Å². The first kappa shape index (κ1) is 16.9. The lowest BCUT2D eigenvalue weighted by Gasteiger charge is -2.39. The van der Waals surface area contributed by atoms with E-state index in [-0.39, 0.29) is 16.2 Å². The Balaban J connectivity index is 2.89. The lowest BCUT2D eigenvalue weighted by molar-refractivity contribution is 0.288. The second-order valence-corrected chi connectivity index (χ2v) is 9.21. The lowest BCUT2D eigenvalue weighted by Crippen LogP contribution is -2.59. The predicted octanol–water partition coefficient (Wildman–Crippen LogP) is 2.19. The Bertz CT molecular complexity index is 430. The van der Waals surface area contributed by atoms with E-state index in [0.717, 1.165) is 12.8 Å². The molecule has 0 spiro atoms. The highest BCUT2D eigenvalue weighted by molar-refractivity contribution is 7.89. The van der Waals surface area contributed by atoms with Gasteiger partial charge in [-0.1, -0.05) is 39.9 Å². The molecule has 6 heteroatoms. The van der Waals surface area contributed by atoms with Gasteiger partial charge in [0.05, 0.1) is 16.3 Å². The van der Waals surface area contributed by atoms with E-state index in [2.05, 4.69) is 11.6 Å². The zero-order chi connectivity index (χ0) is 14.9. The summed E-state index contributed by atoms with van der Waals surface area (Å²) in [6, 6.07) is 0. The Morgan fingerprint density at radius 3 is 2.21 bits per heavy atom. The van der Waals surface area contributed by atoms with Crippen LogP contribution in [-0.4, -0.2) is 24.7 Å². The first-order chi connectivity index (χ1) is 8.46. The average molecular weight is 306 g/mol. The molecule has 0 bridgehead atoms. The second kappa shape index (κ2) is 5.66. The summed E-state index contributed by atoms with van der Waals surface area (Å²) in [6.07, 6.45) is 3.31. The van der Waals surface area contributed by atoms with Gasteiger partial charge in [-0.05, 0) is 37.0 Å².